The Hall–Kier alpha value is -3.10. The molecule has 9 heteroatoms. The van der Waals surface area contributed by atoms with Crippen LogP contribution in [-0.4, -0.2) is 45.1 Å². The molecule has 1 aromatic carbocycles. The molecule has 0 bridgehead atoms. The molecule has 0 spiro atoms. The number of amides is 2. The number of hydrazone groups is 2. The first-order valence-electron chi connectivity index (χ1n) is 7.46. The van der Waals surface area contributed by atoms with E-state index in [1.165, 1.54) is 27.5 Å². The fraction of sp³-hybridized carbons (Fsp3) is 0.375. The van der Waals surface area contributed by atoms with E-state index in [2.05, 4.69) is 21.1 Å². The molecule has 1 aromatic rings. The highest BCUT2D eigenvalue weighted by Gasteiger charge is 2.29. The highest BCUT2D eigenvalue weighted by atomic mass is 16.5. The molecule has 0 saturated carbocycles. The number of hydrogen-bond acceptors (Lipinski definition) is 7. The molecule has 0 fully saturated rings. The Bertz CT molecular complexity index is 729. The summed E-state index contributed by atoms with van der Waals surface area (Å²) < 4.78 is 15.7. The van der Waals surface area contributed by atoms with Crippen LogP contribution in [0.25, 0.3) is 0 Å². The van der Waals surface area contributed by atoms with Crippen LogP contribution in [-0.2, 0) is 9.59 Å². The first-order chi connectivity index (χ1) is 12.0. The summed E-state index contributed by atoms with van der Waals surface area (Å²) in [6, 6.07) is 3.33. The predicted octanol–water partition coefficient (Wildman–Crippen LogP) is 0.674. The van der Waals surface area contributed by atoms with Crippen LogP contribution >= 0.6 is 0 Å². The molecule has 25 heavy (non-hydrogen) atoms. The first kappa shape index (κ1) is 18.2. The minimum atomic E-state index is -0.564. The number of hydrogen-bond donors (Lipinski definition) is 2. The van der Waals surface area contributed by atoms with Crippen LogP contribution in [0.2, 0.25) is 0 Å². The van der Waals surface area contributed by atoms with E-state index in [9.17, 15) is 9.59 Å². The monoisotopic (exact) mass is 348 g/mol. The summed E-state index contributed by atoms with van der Waals surface area (Å²) in [6.45, 7) is 1.69. The van der Waals surface area contributed by atoms with Gasteiger partial charge >= 0.3 is 0 Å². The van der Waals surface area contributed by atoms with E-state index >= 15 is 0 Å². The lowest BCUT2D eigenvalue weighted by Gasteiger charge is -2.11. The van der Waals surface area contributed by atoms with E-state index in [0.29, 0.717) is 28.5 Å². The van der Waals surface area contributed by atoms with Gasteiger partial charge in [0.2, 0.25) is 11.8 Å². The van der Waals surface area contributed by atoms with E-state index in [4.69, 9.17) is 14.2 Å². The Morgan fingerprint density at radius 1 is 1.24 bits per heavy atom. The molecular formula is C16H20N4O5. The van der Waals surface area contributed by atoms with Crippen molar-refractivity contribution in [2.24, 2.45) is 16.1 Å². The van der Waals surface area contributed by atoms with Gasteiger partial charge in [-0.1, -0.05) is 0 Å². The highest BCUT2D eigenvalue weighted by Crippen LogP contribution is 2.33. The molecule has 0 aliphatic carbocycles. The minimum Gasteiger partial charge on any atom is -0.496 e. The maximum Gasteiger partial charge on any atom is 0.249 e. The normalized spacial score (nSPS) is 16.4. The van der Waals surface area contributed by atoms with Crippen molar-refractivity contribution in [3.8, 4) is 17.2 Å². The minimum absolute atomic E-state index is 0.0262. The number of carbonyl (C=O) groups excluding carboxylic acids is 2. The third-order valence-corrected chi connectivity index (χ3v) is 3.68. The van der Waals surface area contributed by atoms with Crippen LogP contribution in [0, 0.1) is 5.92 Å². The van der Waals surface area contributed by atoms with Gasteiger partial charge in [-0.25, -0.2) is 10.9 Å². The lowest BCUT2D eigenvalue weighted by molar-refractivity contribution is -0.127. The van der Waals surface area contributed by atoms with E-state index in [-0.39, 0.29) is 12.3 Å². The molecule has 0 saturated heterocycles. The van der Waals surface area contributed by atoms with Crippen LogP contribution in [0.5, 0.6) is 17.2 Å². The van der Waals surface area contributed by atoms with E-state index in [0.717, 1.165) is 0 Å². The Morgan fingerprint density at radius 3 is 2.44 bits per heavy atom. The van der Waals surface area contributed by atoms with E-state index in [1.54, 1.807) is 19.1 Å². The van der Waals surface area contributed by atoms with Gasteiger partial charge < -0.3 is 14.2 Å². The van der Waals surface area contributed by atoms with Gasteiger partial charge in [0, 0.05) is 23.8 Å². The zero-order valence-corrected chi connectivity index (χ0v) is 14.5. The number of carbonyl (C=O) groups is 2. The molecule has 0 unspecified atom stereocenters. The molecule has 134 valence electrons. The first-order valence-corrected chi connectivity index (χ1v) is 7.46. The average molecular weight is 348 g/mol. The number of rotatable bonds is 7. The van der Waals surface area contributed by atoms with Gasteiger partial charge in [-0.2, -0.15) is 10.2 Å². The largest absolute Gasteiger partial charge is 0.496 e. The quantitative estimate of drug-likeness (QED) is 0.556. The van der Waals surface area contributed by atoms with Gasteiger partial charge in [-0.15, -0.1) is 0 Å². The van der Waals surface area contributed by atoms with Gasteiger partial charge in [-0.05, 0) is 13.0 Å². The van der Waals surface area contributed by atoms with Crippen molar-refractivity contribution < 1.29 is 23.8 Å². The van der Waals surface area contributed by atoms with Crippen molar-refractivity contribution in [3.05, 3.63) is 17.7 Å². The molecule has 2 amide bonds. The lowest BCUT2D eigenvalue weighted by atomic mass is 10.0. The molecule has 2 N–H and O–H groups in total. The van der Waals surface area contributed by atoms with Gasteiger partial charge in [0.05, 0.1) is 33.5 Å². The lowest BCUT2D eigenvalue weighted by Crippen LogP contribution is -2.29. The van der Waals surface area contributed by atoms with Crippen molar-refractivity contribution in [1.29, 1.82) is 0 Å². The highest BCUT2D eigenvalue weighted by molar-refractivity contribution is 6.09. The van der Waals surface area contributed by atoms with Gasteiger partial charge in [0.25, 0.3) is 0 Å². The molecule has 1 atom stereocenters. The Balaban J connectivity index is 2.05. The Kier molecular flexibility index (Phi) is 5.93. The third kappa shape index (κ3) is 4.25. The number of methoxy groups -OCH3 is 3. The number of nitrogens with one attached hydrogen (secondary N) is 2. The second-order valence-electron chi connectivity index (χ2n) is 5.23. The fourth-order valence-corrected chi connectivity index (χ4v) is 2.29. The SMILES string of the molecule is COc1cc(OC)c(OC)cc1/C=N\NC(=O)C[C@H]1C(=O)NN=C1C. The zero-order chi connectivity index (χ0) is 18.4. The van der Waals surface area contributed by atoms with E-state index < -0.39 is 11.8 Å². The summed E-state index contributed by atoms with van der Waals surface area (Å²) in [5.74, 6) is 0.276. The van der Waals surface area contributed by atoms with Crippen LogP contribution in [0.3, 0.4) is 0 Å². The van der Waals surface area contributed by atoms with Crippen molar-refractivity contribution >= 4 is 23.7 Å². The molecule has 1 heterocycles. The van der Waals surface area contributed by atoms with Crippen LogP contribution in [0.15, 0.2) is 22.3 Å². The maximum absolute atomic E-state index is 11.9. The smallest absolute Gasteiger partial charge is 0.249 e. The van der Waals surface area contributed by atoms with Crippen LogP contribution in [0.4, 0.5) is 0 Å². The van der Waals surface area contributed by atoms with Crippen molar-refractivity contribution in [2.45, 2.75) is 13.3 Å². The second kappa shape index (κ2) is 8.13. The Labute approximate surface area is 145 Å². The van der Waals surface area contributed by atoms with Crippen molar-refractivity contribution in [3.63, 3.8) is 0 Å². The van der Waals surface area contributed by atoms with Crippen molar-refractivity contribution in [2.75, 3.05) is 21.3 Å². The molecule has 1 aliphatic rings. The molecule has 2 rings (SSSR count). The molecule has 1 aliphatic heterocycles. The van der Waals surface area contributed by atoms with Gasteiger partial charge in [0.15, 0.2) is 11.5 Å². The van der Waals surface area contributed by atoms with Crippen LogP contribution in [0.1, 0.15) is 18.9 Å². The topological polar surface area (TPSA) is 111 Å². The fourth-order valence-electron chi connectivity index (χ4n) is 2.29. The van der Waals surface area contributed by atoms with Gasteiger partial charge in [-0.3, -0.25) is 9.59 Å². The number of nitrogens with zero attached hydrogens (tertiary/aromatic N) is 2. The van der Waals surface area contributed by atoms with Crippen LogP contribution < -0.4 is 25.1 Å². The summed E-state index contributed by atoms with van der Waals surface area (Å²) >= 11 is 0. The van der Waals surface area contributed by atoms with Crippen molar-refractivity contribution in [1.82, 2.24) is 10.9 Å². The summed E-state index contributed by atoms with van der Waals surface area (Å²) in [5.41, 5.74) is 5.89. The zero-order valence-electron chi connectivity index (χ0n) is 14.5. The summed E-state index contributed by atoms with van der Waals surface area (Å²) in [7, 11) is 4.55. The number of benzene rings is 1. The second-order valence-corrected chi connectivity index (χ2v) is 5.23. The molecule has 9 nitrogen and oxygen atoms in total. The number of ether oxygens (including phenoxy) is 3. The average Bonchev–Trinajstić information content (AvgIpc) is 2.93. The molecule has 0 aromatic heterocycles. The maximum atomic E-state index is 11.9. The third-order valence-electron chi connectivity index (χ3n) is 3.68. The Morgan fingerprint density at radius 2 is 1.88 bits per heavy atom. The summed E-state index contributed by atoms with van der Waals surface area (Å²) in [6.07, 6.45) is 1.40. The summed E-state index contributed by atoms with van der Waals surface area (Å²) in [5, 5.41) is 7.69. The van der Waals surface area contributed by atoms with Gasteiger partial charge in [0.1, 0.15) is 5.75 Å². The predicted molar refractivity (Wildman–Crippen MR) is 91.2 cm³/mol. The molecular weight excluding hydrogens is 328 g/mol. The van der Waals surface area contributed by atoms with E-state index in [1.807, 2.05) is 0 Å². The standard InChI is InChI=1S/C16H20N4O5/c1-9-11(16(22)20-18-9)6-15(21)19-17-8-10-5-13(24-3)14(25-4)7-12(10)23-2/h5,7-8,11H,6H2,1-4H3,(H,19,21)(H,20,22)/b17-8-/t11-/m1/s1. The summed E-state index contributed by atoms with van der Waals surface area (Å²) in [4.78, 5) is 23.5. The molecule has 0 radical (unpaired) electrons.